The van der Waals surface area contributed by atoms with Gasteiger partial charge in [-0.1, -0.05) is 12.1 Å². The van der Waals surface area contributed by atoms with Gasteiger partial charge in [-0.05, 0) is 12.1 Å². The minimum absolute atomic E-state index is 0.0205. The summed E-state index contributed by atoms with van der Waals surface area (Å²) in [7, 11) is 0. The van der Waals surface area contributed by atoms with Gasteiger partial charge in [-0.25, -0.2) is 0 Å². The smallest absolute Gasteiger partial charge is 0.244 e. The van der Waals surface area contributed by atoms with Crippen molar-refractivity contribution in [1.29, 1.82) is 5.41 Å². The molecular weight excluding hydrogens is 220 g/mol. The third-order valence-corrected chi connectivity index (χ3v) is 2.26. The number of aliphatic imine (C=N–C) groups is 1. The van der Waals surface area contributed by atoms with Crippen molar-refractivity contribution in [2.75, 3.05) is 16.8 Å². The van der Waals surface area contributed by atoms with Gasteiger partial charge in [0.15, 0.2) is 5.96 Å². The van der Waals surface area contributed by atoms with Crippen LogP contribution in [0.2, 0.25) is 0 Å². The summed E-state index contributed by atoms with van der Waals surface area (Å²) in [5.41, 5.74) is 11.8. The lowest BCUT2D eigenvalue weighted by molar-refractivity contribution is -0.115. The third-order valence-electron chi connectivity index (χ3n) is 2.26. The van der Waals surface area contributed by atoms with Crippen LogP contribution < -0.4 is 21.7 Å². The normalized spacial score (nSPS) is 13.6. The van der Waals surface area contributed by atoms with Gasteiger partial charge in [0.25, 0.3) is 0 Å². The first-order chi connectivity index (χ1) is 8.08. The van der Waals surface area contributed by atoms with Crippen LogP contribution in [0.15, 0.2) is 29.3 Å². The highest BCUT2D eigenvalue weighted by atomic mass is 16.2. The molecule has 0 saturated heterocycles. The van der Waals surface area contributed by atoms with E-state index in [9.17, 15) is 4.79 Å². The van der Waals surface area contributed by atoms with Gasteiger partial charge in [-0.3, -0.25) is 15.1 Å². The highest BCUT2D eigenvalue weighted by Gasteiger charge is 2.24. The standard InChI is InChI=1S/C10H12N6O/c11-9(12)15-10(13)16-5-8(17)14-6-3-1-2-4-7(6)16/h1-4H,5H2,(H,14,17)(H5,11,12,13,15). The van der Waals surface area contributed by atoms with Gasteiger partial charge in [0.05, 0.1) is 11.4 Å². The quantitative estimate of drug-likeness (QED) is 0.361. The highest BCUT2D eigenvalue weighted by Crippen LogP contribution is 2.28. The molecule has 6 N–H and O–H groups in total. The molecule has 1 aliphatic heterocycles. The number of hydrogen-bond donors (Lipinski definition) is 4. The number of guanidine groups is 2. The summed E-state index contributed by atoms with van der Waals surface area (Å²) in [6, 6.07) is 7.15. The predicted molar refractivity (Wildman–Crippen MR) is 66.0 cm³/mol. The van der Waals surface area contributed by atoms with E-state index in [1.807, 2.05) is 6.07 Å². The number of carbonyl (C=O) groups is 1. The second kappa shape index (κ2) is 4.12. The van der Waals surface area contributed by atoms with Crippen LogP contribution in [0.4, 0.5) is 11.4 Å². The van der Waals surface area contributed by atoms with E-state index in [0.717, 1.165) is 0 Å². The van der Waals surface area contributed by atoms with E-state index in [0.29, 0.717) is 11.4 Å². The van der Waals surface area contributed by atoms with Gasteiger partial charge in [0.1, 0.15) is 6.54 Å². The maximum absolute atomic E-state index is 11.5. The first-order valence-electron chi connectivity index (χ1n) is 4.92. The average molecular weight is 232 g/mol. The number of hydrogen-bond acceptors (Lipinski definition) is 2. The Morgan fingerprint density at radius 1 is 1.41 bits per heavy atom. The molecule has 0 fully saturated rings. The zero-order chi connectivity index (χ0) is 12.4. The van der Waals surface area contributed by atoms with Crippen molar-refractivity contribution in [3.63, 3.8) is 0 Å². The molecule has 1 aromatic rings. The van der Waals surface area contributed by atoms with Crippen molar-refractivity contribution in [2.45, 2.75) is 0 Å². The molecule has 1 aliphatic rings. The maximum atomic E-state index is 11.5. The van der Waals surface area contributed by atoms with Gasteiger partial charge in [-0.2, -0.15) is 4.99 Å². The fourth-order valence-electron chi connectivity index (χ4n) is 1.60. The Hall–Kier alpha value is -2.57. The summed E-state index contributed by atoms with van der Waals surface area (Å²) in [6.07, 6.45) is 0. The summed E-state index contributed by atoms with van der Waals surface area (Å²) in [6.45, 7) is 0.0205. The summed E-state index contributed by atoms with van der Waals surface area (Å²) >= 11 is 0. The van der Waals surface area contributed by atoms with E-state index in [1.165, 1.54) is 4.90 Å². The van der Waals surface area contributed by atoms with E-state index in [2.05, 4.69) is 10.3 Å². The molecule has 0 aliphatic carbocycles. The molecule has 0 saturated carbocycles. The molecule has 88 valence electrons. The van der Waals surface area contributed by atoms with Crippen molar-refractivity contribution >= 4 is 29.2 Å². The second-order valence-electron chi connectivity index (χ2n) is 3.51. The van der Waals surface area contributed by atoms with Crippen LogP contribution in [-0.2, 0) is 4.79 Å². The van der Waals surface area contributed by atoms with Crippen molar-refractivity contribution in [3.8, 4) is 0 Å². The van der Waals surface area contributed by atoms with Crippen LogP contribution in [0.25, 0.3) is 0 Å². The molecule has 0 bridgehead atoms. The van der Waals surface area contributed by atoms with Gasteiger partial charge in [0.2, 0.25) is 11.9 Å². The maximum Gasteiger partial charge on any atom is 0.244 e. The number of carbonyl (C=O) groups excluding carboxylic acids is 1. The van der Waals surface area contributed by atoms with E-state index < -0.39 is 0 Å². The topological polar surface area (TPSA) is 121 Å². The van der Waals surface area contributed by atoms with Gasteiger partial charge in [0, 0.05) is 0 Å². The second-order valence-corrected chi connectivity index (χ2v) is 3.51. The molecule has 0 aromatic heterocycles. The fraction of sp³-hybridized carbons (Fsp3) is 0.100. The first-order valence-corrected chi connectivity index (χ1v) is 4.92. The summed E-state index contributed by atoms with van der Waals surface area (Å²) in [4.78, 5) is 16.5. The van der Waals surface area contributed by atoms with Crippen LogP contribution >= 0.6 is 0 Å². The number of benzene rings is 1. The number of anilines is 2. The Morgan fingerprint density at radius 3 is 2.82 bits per heavy atom. The number of nitrogens with one attached hydrogen (secondary N) is 2. The van der Waals surface area contributed by atoms with Crippen LogP contribution in [-0.4, -0.2) is 24.4 Å². The molecule has 0 atom stereocenters. The number of fused-ring (bicyclic) bond motifs is 1. The molecule has 0 spiro atoms. The SMILES string of the molecule is N=C(N=C(N)N)N1CC(=O)Nc2ccccc21. The molecule has 0 unspecified atom stereocenters. The highest BCUT2D eigenvalue weighted by molar-refractivity contribution is 6.12. The van der Waals surface area contributed by atoms with Crippen LogP contribution in [0.1, 0.15) is 0 Å². The molecule has 0 radical (unpaired) electrons. The van der Waals surface area contributed by atoms with Crippen LogP contribution in [0.5, 0.6) is 0 Å². The average Bonchev–Trinajstić information content (AvgIpc) is 2.26. The molecule has 1 heterocycles. The van der Waals surface area contributed by atoms with E-state index in [1.54, 1.807) is 18.2 Å². The predicted octanol–water partition coefficient (Wildman–Crippen LogP) is -0.347. The minimum atomic E-state index is -0.210. The number of rotatable bonds is 0. The van der Waals surface area contributed by atoms with E-state index in [4.69, 9.17) is 16.9 Å². The monoisotopic (exact) mass is 232 g/mol. The molecule has 17 heavy (non-hydrogen) atoms. The lowest BCUT2D eigenvalue weighted by Crippen LogP contribution is -2.42. The van der Waals surface area contributed by atoms with E-state index >= 15 is 0 Å². The Bertz CT molecular complexity index is 505. The molecule has 1 amide bonds. The lowest BCUT2D eigenvalue weighted by atomic mass is 10.2. The summed E-state index contributed by atoms with van der Waals surface area (Å²) < 4.78 is 0. The number of nitrogens with two attached hydrogens (primary N) is 2. The molecule has 1 aromatic carbocycles. The largest absolute Gasteiger partial charge is 0.370 e. The van der Waals surface area contributed by atoms with Gasteiger partial charge >= 0.3 is 0 Å². The Labute approximate surface area is 97.6 Å². The Kier molecular flexibility index (Phi) is 2.65. The van der Waals surface area contributed by atoms with Crippen LogP contribution in [0.3, 0.4) is 0 Å². The number of nitrogens with zero attached hydrogens (tertiary/aromatic N) is 2. The molecule has 7 heteroatoms. The van der Waals surface area contributed by atoms with Crippen molar-refractivity contribution in [1.82, 2.24) is 0 Å². The van der Waals surface area contributed by atoms with E-state index in [-0.39, 0.29) is 24.4 Å². The Balaban J connectivity index is 2.39. The van der Waals surface area contributed by atoms with Crippen LogP contribution in [0, 0.1) is 5.41 Å². The fourth-order valence-corrected chi connectivity index (χ4v) is 1.60. The summed E-state index contributed by atoms with van der Waals surface area (Å²) in [5, 5.41) is 10.4. The van der Waals surface area contributed by atoms with Gasteiger partial charge in [-0.15, -0.1) is 0 Å². The third kappa shape index (κ3) is 2.17. The zero-order valence-corrected chi connectivity index (χ0v) is 8.97. The molecular formula is C10H12N6O. The molecule has 2 rings (SSSR count). The lowest BCUT2D eigenvalue weighted by Gasteiger charge is -2.29. The zero-order valence-electron chi connectivity index (χ0n) is 8.97. The van der Waals surface area contributed by atoms with Crippen molar-refractivity contribution in [2.24, 2.45) is 16.5 Å². The number of amides is 1. The molecule has 7 nitrogen and oxygen atoms in total. The van der Waals surface area contributed by atoms with Gasteiger partial charge < -0.3 is 16.8 Å². The number of para-hydroxylation sites is 2. The minimum Gasteiger partial charge on any atom is -0.370 e. The van der Waals surface area contributed by atoms with Crippen molar-refractivity contribution < 1.29 is 4.79 Å². The summed E-state index contributed by atoms with van der Waals surface area (Å²) in [5.74, 6) is -0.579. The Morgan fingerprint density at radius 2 is 2.12 bits per heavy atom. The van der Waals surface area contributed by atoms with Crippen molar-refractivity contribution in [3.05, 3.63) is 24.3 Å². The first kappa shape index (κ1) is 10.9.